The first-order valence-electron chi connectivity index (χ1n) is 6.93. The molecule has 1 aliphatic heterocycles. The van der Waals surface area contributed by atoms with Crippen LogP contribution in [0.25, 0.3) is 0 Å². The van der Waals surface area contributed by atoms with Gasteiger partial charge in [0, 0.05) is 20.5 Å². The summed E-state index contributed by atoms with van der Waals surface area (Å²) in [6.07, 6.45) is 2.78. The lowest BCUT2D eigenvalue weighted by Gasteiger charge is -2.18. The quantitative estimate of drug-likeness (QED) is 0.870. The van der Waals surface area contributed by atoms with Crippen molar-refractivity contribution in [2.45, 2.75) is 19.3 Å². The molecular formula is C15H25Cl2N3O. The predicted octanol–water partition coefficient (Wildman–Crippen LogP) is 2.92. The van der Waals surface area contributed by atoms with Gasteiger partial charge >= 0.3 is 0 Å². The van der Waals surface area contributed by atoms with Gasteiger partial charge in [-0.3, -0.25) is 4.79 Å². The van der Waals surface area contributed by atoms with Crippen LogP contribution in [0.5, 0.6) is 0 Å². The summed E-state index contributed by atoms with van der Waals surface area (Å²) in [5, 5.41) is 6.35. The fraction of sp³-hybridized carbons (Fsp3) is 0.533. The molecule has 1 unspecified atom stereocenters. The molecule has 0 saturated carbocycles. The van der Waals surface area contributed by atoms with E-state index in [-0.39, 0.29) is 30.7 Å². The Kier molecular flexibility index (Phi) is 9.42. The number of carbonyl (C=O) groups excluding carboxylic acids is 1. The van der Waals surface area contributed by atoms with Crippen molar-refractivity contribution in [3.63, 3.8) is 0 Å². The molecule has 6 heteroatoms. The standard InChI is InChI=1S/C15H23N3O.2ClH/c1-18(2)14-6-4-3-5-13(14)17-15(19)8-7-12-9-10-16-11-12;;/h3-6,12,16H,7-11H2,1-2H3,(H,17,19);2*1H. The Labute approximate surface area is 139 Å². The third-order valence-electron chi connectivity index (χ3n) is 3.60. The zero-order valence-corrected chi connectivity index (χ0v) is 14.2. The Balaban J connectivity index is 0.00000200. The number of benzene rings is 1. The summed E-state index contributed by atoms with van der Waals surface area (Å²) in [7, 11) is 3.96. The van der Waals surface area contributed by atoms with Gasteiger partial charge in [0.1, 0.15) is 0 Å². The fourth-order valence-electron chi connectivity index (χ4n) is 2.48. The second kappa shape index (κ2) is 9.87. The molecule has 1 fully saturated rings. The molecule has 2 rings (SSSR count). The van der Waals surface area contributed by atoms with Gasteiger partial charge in [-0.1, -0.05) is 12.1 Å². The van der Waals surface area contributed by atoms with E-state index in [0.717, 1.165) is 30.9 Å². The smallest absolute Gasteiger partial charge is 0.224 e. The molecule has 1 aromatic rings. The van der Waals surface area contributed by atoms with Gasteiger partial charge in [-0.25, -0.2) is 0 Å². The van der Waals surface area contributed by atoms with Crippen LogP contribution in [0.1, 0.15) is 19.3 Å². The predicted molar refractivity (Wildman–Crippen MR) is 94.1 cm³/mol. The van der Waals surface area contributed by atoms with Crippen LogP contribution in [-0.2, 0) is 4.79 Å². The van der Waals surface area contributed by atoms with Gasteiger partial charge in [0.25, 0.3) is 0 Å². The number of nitrogens with one attached hydrogen (secondary N) is 2. The van der Waals surface area contributed by atoms with Crippen LogP contribution in [0.2, 0.25) is 0 Å². The second-order valence-corrected chi connectivity index (χ2v) is 5.36. The molecular weight excluding hydrogens is 309 g/mol. The van der Waals surface area contributed by atoms with E-state index in [1.165, 1.54) is 6.42 Å². The summed E-state index contributed by atoms with van der Waals surface area (Å²) < 4.78 is 0. The topological polar surface area (TPSA) is 44.4 Å². The lowest BCUT2D eigenvalue weighted by molar-refractivity contribution is -0.116. The Hall–Kier alpha value is -0.970. The molecule has 0 aromatic heterocycles. The summed E-state index contributed by atoms with van der Waals surface area (Å²) in [5.74, 6) is 0.774. The van der Waals surface area contributed by atoms with Crippen LogP contribution in [0.15, 0.2) is 24.3 Å². The minimum Gasteiger partial charge on any atom is -0.376 e. The van der Waals surface area contributed by atoms with Gasteiger partial charge in [-0.15, -0.1) is 24.8 Å². The summed E-state index contributed by atoms with van der Waals surface area (Å²) in [4.78, 5) is 14.0. The number of anilines is 2. The third kappa shape index (κ3) is 6.12. The first-order chi connectivity index (χ1) is 9.16. The van der Waals surface area contributed by atoms with Crippen molar-refractivity contribution in [1.82, 2.24) is 5.32 Å². The summed E-state index contributed by atoms with van der Waals surface area (Å²) in [6, 6.07) is 7.89. The summed E-state index contributed by atoms with van der Waals surface area (Å²) in [5.41, 5.74) is 1.93. The molecule has 0 spiro atoms. The average Bonchev–Trinajstić information content (AvgIpc) is 2.90. The summed E-state index contributed by atoms with van der Waals surface area (Å²) in [6.45, 7) is 2.15. The third-order valence-corrected chi connectivity index (χ3v) is 3.60. The van der Waals surface area contributed by atoms with Gasteiger partial charge in [0.15, 0.2) is 0 Å². The van der Waals surface area contributed by atoms with Crippen LogP contribution >= 0.6 is 24.8 Å². The van der Waals surface area contributed by atoms with Gasteiger partial charge in [0.2, 0.25) is 5.91 Å². The highest BCUT2D eigenvalue weighted by atomic mass is 35.5. The van der Waals surface area contributed by atoms with Gasteiger partial charge < -0.3 is 15.5 Å². The zero-order chi connectivity index (χ0) is 13.7. The van der Waals surface area contributed by atoms with Gasteiger partial charge in [-0.2, -0.15) is 0 Å². The van der Waals surface area contributed by atoms with Crippen LogP contribution in [-0.4, -0.2) is 33.1 Å². The Bertz CT molecular complexity index is 435. The lowest BCUT2D eigenvalue weighted by Crippen LogP contribution is -2.17. The molecule has 1 amide bonds. The van der Waals surface area contributed by atoms with Crippen molar-refractivity contribution in [2.24, 2.45) is 5.92 Å². The van der Waals surface area contributed by atoms with Crippen LogP contribution in [0.3, 0.4) is 0 Å². The molecule has 0 bridgehead atoms. The van der Waals surface area contributed by atoms with E-state index < -0.39 is 0 Å². The average molecular weight is 334 g/mol. The first-order valence-corrected chi connectivity index (χ1v) is 6.93. The normalized spacial score (nSPS) is 16.6. The van der Waals surface area contributed by atoms with E-state index in [0.29, 0.717) is 12.3 Å². The Morgan fingerprint density at radius 1 is 1.33 bits per heavy atom. The van der Waals surface area contributed by atoms with Gasteiger partial charge in [0.05, 0.1) is 11.4 Å². The minimum absolute atomic E-state index is 0. The Morgan fingerprint density at radius 2 is 2.05 bits per heavy atom. The molecule has 4 nitrogen and oxygen atoms in total. The molecule has 1 atom stereocenters. The highest BCUT2D eigenvalue weighted by Gasteiger charge is 2.16. The molecule has 2 N–H and O–H groups in total. The van der Waals surface area contributed by atoms with E-state index in [9.17, 15) is 4.79 Å². The molecule has 0 aliphatic carbocycles. The number of rotatable bonds is 5. The number of halogens is 2. The lowest BCUT2D eigenvalue weighted by atomic mass is 10.0. The van der Waals surface area contributed by atoms with E-state index in [1.807, 2.05) is 43.3 Å². The van der Waals surface area contributed by atoms with E-state index >= 15 is 0 Å². The monoisotopic (exact) mass is 333 g/mol. The van der Waals surface area contributed by atoms with Crippen molar-refractivity contribution in [3.05, 3.63) is 24.3 Å². The Morgan fingerprint density at radius 3 is 2.67 bits per heavy atom. The van der Waals surface area contributed by atoms with Crippen molar-refractivity contribution in [2.75, 3.05) is 37.4 Å². The number of hydrogen-bond acceptors (Lipinski definition) is 3. The summed E-state index contributed by atoms with van der Waals surface area (Å²) >= 11 is 0. The number of nitrogens with zero attached hydrogens (tertiary/aromatic N) is 1. The molecule has 1 aromatic carbocycles. The van der Waals surface area contributed by atoms with Crippen LogP contribution < -0.4 is 15.5 Å². The molecule has 21 heavy (non-hydrogen) atoms. The maximum Gasteiger partial charge on any atom is 0.224 e. The van der Waals surface area contributed by atoms with E-state index in [2.05, 4.69) is 10.6 Å². The number of hydrogen-bond donors (Lipinski definition) is 2. The van der Waals surface area contributed by atoms with Crippen molar-refractivity contribution in [1.29, 1.82) is 0 Å². The van der Waals surface area contributed by atoms with Crippen LogP contribution in [0.4, 0.5) is 11.4 Å². The van der Waals surface area contributed by atoms with E-state index in [1.54, 1.807) is 0 Å². The second-order valence-electron chi connectivity index (χ2n) is 5.36. The maximum atomic E-state index is 12.0. The molecule has 1 heterocycles. The fourth-order valence-corrected chi connectivity index (χ4v) is 2.48. The molecule has 0 radical (unpaired) electrons. The zero-order valence-electron chi connectivity index (χ0n) is 12.6. The molecule has 120 valence electrons. The molecule has 1 saturated heterocycles. The molecule has 1 aliphatic rings. The number of carbonyl (C=O) groups is 1. The SMILES string of the molecule is CN(C)c1ccccc1NC(=O)CCC1CCNC1.Cl.Cl. The van der Waals surface area contributed by atoms with Gasteiger partial charge in [-0.05, 0) is 44.0 Å². The maximum absolute atomic E-state index is 12.0. The van der Waals surface area contributed by atoms with Crippen molar-refractivity contribution < 1.29 is 4.79 Å². The van der Waals surface area contributed by atoms with Crippen LogP contribution in [0, 0.1) is 5.92 Å². The number of amides is 1. The first kappa shape index (κ1) is 20.0. The van der Waals surface area contributed by atoms with Crippen molar-refractivity contribution >= 4 is 42.1 Å². The van der Waals surface area contributed by atoms with Crippen molar-refractivity contribution in [3.8, 4) is 0 Å². The number of para-hydroxylation sites is 2. The largest absolute Gasteiger partial charge is 0.376 e. The highest BCUT2D eigenvalue weighted by Crippen LogP contribution is 2.24. The van der Waals surface area contributed by atoms with E-state index in [4.69, 9.17) is 0 Å². The highest BCUT2D eigenvalue weighted by molar-refractivity contribution is 5.94. The minimum atomic E-state index is 0.